The van der Waals surface area contributed by atoms with E-state index in [1.807, 2.05) is 0 Å². The first kappa shape index (κ1) is 16.4. The maximum absolute atomic E-state index is 12.6. The van der Waals surface area contributed by atoms with Crippen molar-refractivity contribution in [3.63, 3.8) is 0 Å². The Hall–Kier alpha value is -1.93. The number of benzene rings is 2. The van der Waals surface area contributed by atoms with Gasteiger partial charge in [-0.1, -0.05) is 22.0 Å². The zero-order chi connectivity index (χ0) is 16.5. The van der Waals surface area contributed by atoms with Crippen LogP contribution in [-0.4, -0.2) is 20.4 Å². The number of anilines is 1. The third-order valence-corrected chi connectivity index (χ3v) is 5.54. The largest absolute Gasteiger partial charge is 0.273 e. The average molecular weight is 385 g/mol. The van der Waals surface area contributed by atoms with Crippen LogP contribution in [0, 0.1) is 17.0 Å². The molecule has 0 radical (unpaired) electrons. The van der Waals surface area contributed by atoms with Gasteiger partial charge in [0.05, 0.1) is 15.5 Å². The van der Waals surface area contributed by atoms with Crippen LogP contribution in [0.3, 0.4) is 0 Å². The quantitative estimate of drug-likeness (QED) is 0.596. The van der Waals surface area contributed by atoms with Crippen molar-refractivity contribution in [3.05, 3.63) is 62.6 Å². The summed E-state index contributed by atoms with van der Waals surface area (Å²) in [5.74, 6) is 0. The number of nitro groups is 1. The summed E-state index contributed by atoms with van der Waals surface area (Å²) in [6, 6.07) is 10.6. The lowest BCUT2D eigenvalue weighted by Crippen LogP contribution is -2.26. The number of hydrogen-bond acceptors (Lipinski definition) is 4. The molecule has 0 unspecified atom stereocenters. The predicted octanol–water partition coefficient (Wildman–Crippen LogP) is 3.49. The lowest BCUT2D eigenvalue weighted by atomic mass is 10.2. The molecule has 0 saturated heterocycles. The highest BCUT2D eigenvalue weighted by molar-refractivity contribution is 9.10. The minimum Gasteiger partial charge on any atom is -0.269 e. The topological polar surface area (TPSA) is 80.5 Å². The molecule has 0 aliphatic rings. The fraction of sp³-hybridized carbons (Fsp3) is 0.143. The van der Waals surface area contributed by atoms with E-state index < -0.39 is 14.9 Å². The van der Waals surface area contributed by atoms with Gasteiger partial charge in [0.15, 0.2) is 0 Å². The molecule has 0 saturated carbocycles. The molecule has 0 N–H and O–H groups in total. The second-order valence-corrected chi connectivity index (χ2v) is 7.54. The van der Waals surface area contributed by atoms with Gasteiger partial charge in [0, 0.05) is 23.2 Å². The normalized spacial score (nSPS) is 11.2. The first-order valence-corrected chi connectivity index (χ1v) is 8.46. The molecule has 0 aliphatic carbocycles. The zero-order valence-corrected chi connectivity index (χ0v) is 14.3. The van der Waals surface area contributed by atoms with Crippen molar-refractivity contribution in [2.75, 3.05) is 11.4 Å². The molecule has 116 valence electrons. The summed E-state index contributed by atoms with van der Waals surface area (Å²) in [7, 11) is -2.46. The Morgan fingerprint density at radius 2 is 1.73 bits per heavy atom. The van der Waals surface area contributed by atoms with Gasteiger partial charge in [0.1, 0.15) is 0 Å². The lowest BCUT2D eigenvalue weighted by Gasteiger charge is -2.19. The number of nitrogens with zero attached hydrogens (tertiary/aromatic N) is 2. The Morgan fingerprint density at radius 3 is 2.27 bits per heavy atom. The smallest absolute Gasteiger partial charge is 0.269 e. The van der Waals surface area contributed by atoms with Crippen LogP contribution in [0.2, 0.25) is 0 Å². The molecule has 0 aromatic heterocycles. The Morgan fingerprint density at radius 1 is 1.14 bits per heavy atom. The van der Waals surface area contributed by atoms with Crippen molar-refractivity contribution in [2.24, 2.45) is 0 Å². The Bertz CT molecular complexity index is 819. The van der Waals surface area contributed by atoms with E-state index in [0.717, 1.165) is 14.8 Å². The fourth-order valence-electron chi connectivity index (χ4n) is 1.89. The molecule has 2 aromatic carbocycles. The SMILES string of the molecule is Cc1ccc(S(=O)(=O)N(C)c2ccc(Br)cc2)cc1[N+](=O)[O-]. The molecule has 0 spiro atoms. The van der Waals surface area contributed by atoms with Gasteiger partial charge in [-0.25, -0.2) is 8.42 Å². The molecule has 0 bridgehead atoms. The highest BCUT2D eigenvalue weighted by Crippen LogP contribution is 2.27. The predicted molar refractivity (Wildman–Crippen MR) is 87.6 cm³/mol. The maximum atomic E-state index is 12.6. The lowest BCUT2D eigenvalue weighted by molar-refractivity contribution is -0.385. The number of halogens is 1. The van der Waals surface area contributed by atoms with Crippen molar-refractivity contribution in [2.45, 2.75) is 11.8 Å². The molecule has 0 fully saturated rings. The monoisotopic (exact) mass is 384 g/mol. The summed E-state index contributed by atoms with van der Waals surface area (Å²) >= 11 is 3.28. The van der Waals surface area contributed by atoms with E-state index in [0.29, 0.717) is 11.3 Å². The summed E-state index contributed by atoms with van der Waals surface area (Å²) in [5, 5.41) is 11.0. The van der Waals surface area contributed by atoms with Crippen LogP contribution in [0.1, 0.15) is 5.56 Å². The van der Waals surface area contributed by atoms with Crippen LogP contribution >= 0.6 is 15.9 Å². The van der Waals surface area contributed by atoms with E-state index in [1.165, 1.54) is 19.2 Å². The Balaban J connectivity index is 2.48. The maximum Gasteiger partial charge on any atom is 0.273 e. The first-order valence-electron chi connectivity index (χ1n) is 6.23. The molecule has 0 amide bonds. The molecule has 8 heteroatoms. The summed E-state index contributed by atoms with van der Waals surface area (Å²) in [5.41, 5.74) is 0.659. The second-order valence-electron chi connectivity index (χ2n) is 4.65. The van der Waals surface area contributed by atoms with E-state index in [2.05, 4.69) is 15.9 Å². The number of aryl methyl sites for hydroxylation is 1. The molecular formula is C14H13BrN2O4S. The first-order chi connectivity index (χ1) is 10.2. The van der Waals surface area contributed by atoms with Crippen LogP contribution < -0.4 is 4.31 Å². The van der Waals surface area contributed by atoms with Crippen molar-refractivity contribution < 1.29 is 13.3 Å². The summed E-state index contributed by atoms with van der Waals surface area (Å²) in [6.45, 7) is 1.56. The molecule has 0 atom stereocenters. The second kappa shape index (κ2) is 6.05. The molecule has 6 nitrogen and oxygen atoms in total. The van der Waals surface area contributed by atoms with Gasteiger partial charge in [-0.2, -0.15) is 0 Å². The van der Waals surface area contributed by atoms with Crippen LogP contribution in [0.15, 0.2) is 51.8 Å². The van der Waals surface area contributed by atoms with Gasteiger partial charge < -0.3 is 0 Å². The van der Waals surface area contributed by atoms with Crippen molar-refractivity contribution >= 4 is 37.3 Å². The molecule has 0 heterocycles. The van der Waals surface area contributed by atoms with Gasteiger partial charge in [0.25, 0.3) is 15.7 Å². The zero-order valence-electron chi connectivity index (χ0n) is 11.9. The highest BCUT2D eigenvalue weighted by atomic mass is 79.9. The van der Waals surface area contributed by atoms with E-state index in [9.17, 15) is 18.5 Å². The minimum absolute atomic E-state index is 0.116. The third-order valence-electron chi connectivity index (χ3n) is 3.23. The van der Waals surface area contributed by atoms with Crippen molar-refractivity contribution in [1.82, 2.24) is 0 Å². The van der Waals surface area contributed by atoms with E-state index in [1.54, 1.807) is 31.2 Å². The molecule has 2 rings (SSSR count). The number of rotatable bonds is 4. The van der Waals surface area contributed by atoms with Crippen LogP contribution in [0.4, 0.5) is 11.4 Å². The van der Waals surface area contributed by atoms with Crippen molar-refractivity contribution in [3.8, 4) is 0 Å². The van der Waals surface area contributed by atoms with Crippen LogP contribution in [0.5, 0.6) is 0 Å². The van der Waals surface area contributed by atoms with Gasteiger partial charge >= 0.3 is 0 Å². The minimum atomic E-state index is -3.86. The van der Waals surface area contributed by atoms with E-state index >= 15 is 0 Å². The number of sulfonamides is 1. The summed E-state index contributed by atoms with van der Waals surface area (Å²) < 4.78 is 27.1. The average Bonchev–Trinajstić information content (AvgIpc) is 2.47. The van der Waals surface area contributed by atoms with Gasteiger partial charge in [-0.05, 0) is 37.3 Å². The highest BCUT2D eigenvalue weighted by Gasteiger charge is 2.24. The summed E-state index contributed by atoms with van der Waals surface area (Å²) in [4.78, 5) is 10.3. The molecule has 0 aliphatic heterocycles. The number of nitro benzene ring substituents is 1. The fourth-order valence-corrected chi connectivity index (χ4v) is 3.37. The van der Waals surface area contributed by atoms with Gasteiger partial charge in [-0.15, -0.1) is 0 Å². The van der Waals surface area contributed by atoms with Crippen LogP contribution in [-0.2, 0) is 10.0 Å². The van der Waals surface area contributed by atoms with Gasteiger partial charge in [-0.3, -0.25) is 14.4 Å². The molecule has 22 heavy (non-hydrogen) atoms. The van der Waals surface area contributed by atoms with Crippen molar-refractivity contribution in [1.29, 1.82) is 0 Å². The molecule has 2 aromatic rings. The Kier molecular flexibility index (Phi) is 4.52. The van der Waals surface area contributed by atoms with Gasteiger partial charge in [0.2, 0.25) is 0 Å². The summed E-state index contributed by atoms with van der Waals surface area (Å²) in [6.07, 6.45) is 0. The number of hydrogen-bond donors (Lipinski definition) is 0. The van der Waals surface area contributed by atoms with E-state index in [4.69, 9.17) is 0 Å². The standard InChI is InChI=1S/C14H13BrN2O4S/c1-10-3-8-13(9-14(10)17(18)19)22(20,21)16(2)12-6-4-11(15)5-7-12/h3-9H,1-2H3. The van der Waals surface area contributed by atoms with E-state index in [-0.39, 0.29) is 10.6 Å². The third kappa shape index (κ3) is 3.12. The molecular weight excluding hydrogens is 372 g/mol. The Labute approximate surface area is 136 Å². The van der Waals surface area contributed by atoms with Crippen LogP contribution in [0.25, 0.3) is 0 Å².